The first-order valence-corrected chi connectivity index (χ1v) is 12.8. The van der Waals surface area contributed by atoms with Crippen molar-refractivity contribution in [2.45, 2.75) is 50.9 Å². The largest absolute Gasteiger partial charge is 0.416 e. The smallest absolute Gasteiger partial charge is 0.361 e. The SMILES string of the molecule is Cc1cc(N2C[C@H]3C(Nc4nc5n(n4)CCCC5c4cc(F)cc(C(F)(F)F)c4)[C@@H]4CC34C2)sn1. The van der Waals surface area contributed by atoms with Crippen LogP contribution in [-0.2, 0) is 12.7 Å². The molecule has 35 heavy (non-hydrogen) atoms. The number of aromatic nitrogens is 4. The molecule has 0 bridgehead atoms. The molecule has 3 fully saturated rings. The van der Waals surface area contributed by atoms with E-state index < -0.39 is 23.5 Å². The molecule has 1 N–H and O–H groups in total. The molecular formula is C24H24F4N6S. The van der Waals surface area contributed by atoms with E-state index >= 15 is 0 Å². The predicted octanol–water partition coefficient (Wildman–Crippen LogP) is 5.06. The third-order valence-corrected chi connectivity index (χ3v) is 9.38. The number of rotatable bonds is 4. The molecule has 1 aromatic carbocycles. The van der Waals surface area contributed by atoms with Crippen molar-refractivity contribution in [2.24, 2.45) is 17.3 Å². The van der Waals surface area contributed by atoms with Gasteiger partial charge in [-0.05, 0) is 78.9 Å². The fraction of sp³-hybridized carbons (Fsp3) is 0.542. The molecule has 2 aliphatic heterocycles. The van der Waals surface area contributed by atoms with Crippen molar-refractivity contribution in [1.82, 2.24) is 19.1 Å². The van der Waals surface area contributed by atoms with Crippen LogP contribution in [0.1, 0.15) is 47.8 Å². The fourth-order valence-electron chi connectivity index (χ4n) is 6.75. The maximum Gasteiger partial charge on any atom is 0.416 e. The van der Waals surface area contributed by atoms with Crippen LogP contribution in [0, 0.1) is 30.0 Å². The number of nitrogens with zero attached hydrogens (tertiary/aromatic N) is 5. The molecule has 2 aliphatic carbocycles. The van der Waals surface area contributed by atoms with Gasteiger partial charge in [-0.1, -0.05) is 0 Å². The van der Waals surface area contributed by atoms with Gasteiger partial charge in [0, 0.05) is 37.5 Å². The third kappa shape index (κ3) is 3.30. The number of anilines is 2. The molecule has 4 heterocycles. The Labute approximate surface area is 203 Å². The summed E-state index contributed by atoms with van der Waals surface area (Å²) in [5.41, 5.74) is 0.761. The predicted molar refractivity (Wildman–Crippen MR) is 123 cm³/mol. The monoisotopic (exact) mass is 504 g/mol. The van der Waals surface area contributed by atoms with Gasteiger partial charge in [0.15, 0.2) is 0 Å². The first-order chi connectivity index (χ1) is 16.7. The minimum absolute atomic E-state index is 0.294. The van der Waals surface area contributed by atoms with E-state index in [1.54, 1.807) is 16.2 Å². The van der Waals surface area contributed by atoms with Crippen molar-refractivity contribution in [3.8, 4) is 0 Å². The highest BCUT2D eigenvalue weighted by molar-refractivity contribution is 7.10. The number of alkyl halides is 3. The summed E-state index contributed by atoms with van der Waals surface area (Å²) in [4.78, 5) is 7.16. The van der Waals surface area contributed by atoms with Crippen molar-refractivity contribution in [3.05, 3.63) is 52.7 Å². The lowest BCUT2D eigenvalue weighted by Gasteiger charge is -2.38. The van der Waals surface area contributed by atoms with E-state index in [1.807, 2.05) is 6.92 Å². The third-order valence-electron chi connectivity index (χ3n) is 8.43. The maximum absolute atomic E-state index is 14.1. The topological polar surface area (TPSA) is 58.9 Å². The molecule has 4 aliphatic rings. The Hall–Kier alpha value is -2.69. The number of fused-ring (bicyclic) bond motifs is 1. The highest BCUT2D eigenvalue weighted by Crippen LogP contribution is 2.74. The lowest BCUT2D eigenvalue weighted by atomic mass is 9.71. The van der Waals surface area contributed by atoms with Crippen LogP contribution in [0.15, 0.2) is 24.3 Å². The van der Waals surface area contributed by atoms with Gasteiger partial charge in [-0.15, -0.1) is 5.10 Å². The Kier molecular flexibility index (Phi) is 4.43. The summed E-state index contributed by atoms with van der Waals surface area (Å²) in [6.45, 7) is 4.72. The molecule has 0 radical (unpaired) electrons. The Morgan fingerprint density at radius 2 is 2.03 bits per heavy atom. The molecule has 3 aromatic rings. The summed E-state index contributed by atoms with van der Waals surface area (Å²) in [6.07, 6.45) is -2.04. The van der Waals surface area contributed by atoms with Gasteiger partial charge >= 0.3 is 6.18 Å². The van der Waals surface area contributed by atoms with Crippen LogP contribution in [0.25, 0.3) is 0 Å². The number of hydrogen-bond donors (Lipinski definition) is 1. The first kappa shape index (κ1) is 21.6. The van der Waals surface area contributed by atoms with Crippen LogP contribution in [0.5, 0.6) is 0 Å². The average Bonchev–Trinajstić information content (AvgIpc) is 3.14. The van der Waals surface area contributed by atoms with Crippen LogP contribution in [0.3, 0.4) is 0 Å². The van der Waals surface area contributed by atoms with Crippen LogP contribution in [-0.4, -0.2) is 38.3 Å². The van der Waals surface area contributed by atoms with E-state index in [0.717, 1.165) is 31.3 Å². The van der Waals surface area contributed by atoms with Crippen molar-refractivity contribution in [3.63, 3.8) is 0 Å². The maximum atomic E-state index is 14.1. The van der Waals surface area contributed by atoms with Crippen molar-refractivity contribution in [2.75, 3.05) is 23.3 Å². The van der Waals surface area contributed by atoms with Gasteiger partial charge in [0.25, 0.3) is 0 Å². The first-order valence-electron chi connectivity index (χ1n) is 12.0. The minimum Gasteiger partial charge on any atom is -0.361 e. The molecule has 5 atom stereocenters. The van der Waals surface area contributed by atoms with E-state index in [2.05, 4.69) is 25.8 Å². The second-order valence-electron chi connectivity index (χ2n) is 10.5. The van der Waals surface area contributed by atoms with Gasteiger partial charge in [-0.3, -0.25) is 0 Å². The molecule has 184 valence electrons. The number of aryl methyl sites for hydroxylation is 2. The van der Waals surface area contributed by atoms with E-state index in [-0.39, 0.29) is 0 Å². The molecule has 0 amide bonds. The van der Waals surface area contributed by atoms with Crippen LogP contribution < -0.4 is 10.2 Å². The normalized spacial score (nSPS) is 30.9. The summed E-state index contributed by atoms with van der Waals surface area (Å²) in [7, 11) is 0. The van der Waals surface area contributed by atoms with Crippen LogP contribution >= 0.6 is 11.5 Å². The fourth-order valence-corrected chi connectivity index (χ4v) is 7.52. The Morgan fingerprint density at radius 1 is 1.17 bits per heavy atom. The molecule has 1 saturated heterocycles. The Morgan fingerprint density at radius 3 is 2.80 bits per heavy atom. The van der Waals surface area contributed by atoms with E-state index in [0.29, 0.717) is 59.7 Å². The standard InChI is InChI=1S/C24H24F4N6S/c1-12-5-19(35-32-12)33-10-18-20(17-9-23(17,18)11-33)29-22-30-21-16(3-2-4-34(21)31-22)13-6-14(24(26,27)28)8-15(25)7-13/h5-8,16-18,20H,2-4,9-11H2,1H3,(H,29,31)/t16?,17-,18-,20?,23?/m0/s1. The highest BCUT2D eigenvalue weighted by Gasteiger charge is 2.76. The molecule has 1 spiro atoms. The summed E-state index contributed by atoms with van der Waals surface area (Å²) in [5, 5.41) is 9.42. The second kappa shape index (κ2) is 7.18. The van der Waals surface area contributed by atoms with E-state index in [1.165, 1.54) is 17.5 Å². The molecular weight excluding hydrogens is 480 g/mol. The second-order valence-corrected chi connectivity index (χ2v) is 11.3. The molecule has 3 unspecified atom stereocenters. The van der Waals surface area contributed by atoms with Crippen molar-refractivity contribution in [1.29, 1.82) is 0 Å². The van der Waals surface area contributed by atoms with Gasteiger partial charge in [0.05, 0.1) is 11.3 Å². The molecule has 7 rings (SSSR count). The van der Waals surface area contributed by atoms with Crippen molar-refractivity contribution < 1.29 is 17.6 Å². The van der Waals surface area contributed by atoms with Crippen LogP contribution in [0.2, 0.25) is 0 Å². The quantitative estimate of drug-likeness (QED) is 0.503. The zero-order chi connectivity index (χ0) is 24.1. The summed E-state index contributed by atoms with van der Waals surface area (Å²) in [5.74, 6) is 0.945. The van der Waals surface area contributed by atoms with Gasteiger partial charge in [0.1, 0.15) is 16.6 Å². The minimum atomic E-state index is -4.60. The molecule has 11 heteroatoms. The lowest BCUT2D eigenvalue weighted by molar-refractivity contribution is -0.137. The average molecular weight is 505 g/mol. The van der Waals surface area contributed by atoms with E-state index in [4.69, 9.17) is 4.98 Å². The summed E-state index contributed by atoms with van der Waals surface area (Å²) < 4.78 is 60.1. The molecule has 2 saturated carbocycles. The van der Waals surface area contributed by atoms with Gasteiger partial charge in [-0.2, -0.15) is 22.5 Å². The van der Waals surface area contributed by atoms with E-state index in [9.17, 15) is 17.6 Å². The number of benzene rings is 1. The zero-order valence-corrected chi connectivity index (χ0v) is 19.8. The zero-order valence-electron chi connectivity index (χ0n) is 19.0. The number of halogens is 4. The van der Waals surface area contributed by atoms with Gasteiger partial charge in [0.2, 0.25) is 5.95 Å². The highest BCUT2D eigenvalue weighted by atomic mass is 32.1. The Balaban J connectivity index is 1.12. The van der Waals surface area contributed by atoms with Crippen LogP contribution in [0.4, 0.5) is 28.5 Å². The number of nitrogens with one attached hydrogen (secondary N) is 1. The number of hydrogen-bond acceptors (Lipinski definition) is 6. The molecule has 2 aromatic heterocycles. The lowest BCUT2D eigenvalue weighted by Crippen LogP contribution is -2.47. The van der Waals surface area contributed by atoms with Crippen molar-refractivity contribution >= 4 is 22.5 Å². The summed E-state index contributed by atoms with van der Waals surface area (Å²) in [6, 6.07) is 5.22. The summed E-state index contributed by atoms with van der Waals surface area (Å²) >= 11 is 1.55. The van der Waals surface area contributed by atoms with Gasteiger partial charge in [-0.25, -0.2) is 9.07 Å². The Bertz CT molecular complexity index is 1320. The molecule has 6 nitrogen and oxygen atoms in total. The van der Waals surface area contributed by atoms with Gasteiger partial charge < -0.3 is 10.2 Å².